The van der Waals surface area contributed by atoms with E-state index in [1.165, 1.54) is 5.56 Å². The summed E-state index contributed by atoms with van der Waals surface area (Å²) in [6.07, 6.45) is 0. The van der Waals surface area contributed by atoms with Crippen LogP contribution in [0.4, 0.5) is 0 Å². The average Bonchev–Trinajstić information content (AvgIpc) is 2.04. The molecule has 2 nitrogen and oxygen atoms in total. The first-order valence-corrected chi connectivity index (χ1v) is 3.97. The molecule has 0 radical (unpaired) electrons. The minimum atomic E-state index is -0.279. The normalized spacial score (nSPS) is 12.5. The number of rotatable bonds is 2. The van der Waals surface area contributed by atoms with E-state index in [9.17, 15) is 4.79 Å². The Balaban J connectivity index is 2.89. The van der Waals surface area contributed by atoms with E-state index in [1.54, 1.807) is 0 Å². The number of hydrogen-bond donors (Lipinski definition) is 1. The Hall–Kier alpha value is -1.31. The summed E-state index contributed by atoms with van der Waals surface area (Å²) in [7, 11) is 0. The predicted molar refractivity (Wildman–Crippen MR) is 48.8 cm³/mol. The molecule has 12 heavy (non-hydrogen) atoms. The molecule has 0 heterocycles. The molecule has 0 spiro atoms. The number of carbonyl (C=O) groups is 1. The summed E-state index contributed by atoms with van der Waals surface area (Å²) in [6.45, 7) is 3.83. The molecule has 0 aliphatic heterocycles. The molecule has 0 aliphatic carbocycles. The van der Waals surface area contributed by atoms with Crippen molar-refractivity contribution in [2.45, 2.75) is 19.8 Å². The smallest absolute Gasteiger partial charge is 0.224 e. The standard InChI is InChI=1S/C10H13NO/c1-7-3-5-9(6-4-7)8(2)10(11)12/h3-6,8H,1-2H3,(H2,11,12). The van der Waals surface area contributed by atoms with Crippen molar-refractivity contribution in [1.82, 2.24) is 0 Å². The first kappa shape index (κ1) is 8.78. The third-order valence-corrected chi connectivity index (χ3v) is 2.00. The second kappa shape index (κ2) is 3.39. The number of hydrogen-bond acceptors (Lipinski definition) is 1. The summed E-state index contributed by atoms with van der Waals surface area (Å²) in [5, 5.41) is 0. The highest BCUT2D eigenvalue weighted by Crippen LogP contribution is 2.14. The van der Waals surface area contributed by atoms with Crippen LogP contribution in [-0.4, -0.2) is 5.91 Å². The molecular weight excluding hydrogens is 150 g/mol. The quantitative estimate of drug-likeness (QED) is 0.706. The lowest BCUT2D eigenvalue weighted by Crippen LogP contribution is -2.18. The Morgan fingerprint density at radius 3 is 2.25 bits per heavy atom. The van der Waals surface area contributed by atoms with Gasteiger partial charge in [0.2, 0.25) is 5.91 Å². The zero-order valence-corrected chi connectivity index (χ0v) is 7.37. The lowest BCUT2D eigenvalue weighted by molar-refractivity contribution is -0.119. The van der Waals surface area contributed by atoms with Crippen molar-refractivity contribution in [1.29, 1.82) is 0 Å². The van der Waals surface area contributed by atoms with Crippen molar-refractivity contribution in [3.8, 4) is 0 Å². The minimum absolute atomic E-state index is 0.189. The van der Waals surface area contributed by atoms with Gasteiger partial charge in [-0.1, -0.05) is 29.8 Å². The Labute approximate surface area is 72.4 Å². The summed E-state index contributed by atoms with van der Waals surface area (Å²) < 4.78 is 0. The van der Waals surface area contributed by atoms with Crippen LogP contribution < -0.4 is 5.73 Å². The molecule has 1 unspecified atom stereocenters. The Morgan fingerprint density at radius 2 is 1.83 bits per heavy atom. The zero-order valence-electron chi connectivity index (χ0n) is 7.37. The Morgan fingerprint density at radius 1 is 1.33 bits per heavy atom. The highest BCUT2D eigenvalue weighted by atomic mass is 16.1. The SMILES string of the molecule is Cc1ccc(C(C)C(N)=O)cc1. The lowest BCUT2D eigenvalue weighted by Gasteiger charge is -2.06. The van der Waals surface area contributed by atoms with Gasteiger partial charge < -0.3 is 5.73 Å². The van der Waals surface area contributed by atoms with E-state index < -0.39 is 0 Å². The van der Waals surface area contributed by atoms with E-state index in [1.807, 2.05) is 38.1 Å². The molecule has 0 fully saturated rings. The fourth-order valence-corrected chi connectivity index (χ4v) is 1.02. The molecule has 1 aromatic carbocycles. The first-order valence-electron chi connectivity index (χ1n) is 3.97. The van der Waals surface area contributed by atoms with Crippen LogP contribution in [0.5, 0.6) is 0 Å². The van der Waals surface area contributed by atoms with Crippen LogP contribution >= 0.6 is 0 Å². The summed E-state index contributed by atoms with van der Waals surface area (Å²) in [4.78, 5) is 10.8. The summed E-state index contributed by atoms with van der Waals surface area (Å²) in [5.74, 6) is -0.468. The molecule has 0 saturated heterocycles. The van der Waals surface area contributed by atoms with Gasteiger partial charge in [0.05, 0.1) is 5.92 Å². The highest BCUT2D eigenvalue weighted by molar-refractivity contribution is 5.81. The Kier molecular flexibility index (Phi) is 2.48. The monoisotopic (exact) mass is 163 g/mol. The largest absolute Gasteiger partial charge is 0.369 e. The molecule has 2 heteroatoms. The molecule has 1 atom stereocenters. The van der Waals surface area contributed by atoms with Crippen LogP contribution in [-0.2, 0) is 4.79 Å². The van der Waals surface area contributed by atoms with Crippen molar-refractivity contribution >= 4 is 5.91 Å². The van der Waals surface area contributed by atoms with Gasteiger partial charge in [0, 0.05) is 0 Å². The molecular formula is C10H13NO. The topological polar surface area (TPSA) is 43.1 Å². The number of carbonyl (C=O) groups excluding carboxylic acids is 1. The maximum absolute atomic E-state index is 10.8. The summed E-state index contributed by atoms with van der Waals surface area (Å²) in [6, 6.07) is 7.83. The molecule has 0 aromatic heterocycles. The molecule has 64 valence electrons. The van der Waals surface area contributed by atoms with E-state index in [2.05, 4.69) is 0 Å². The second-order valence-electron chi connectivity index (χ2n) is 3.03. The van der Waals surface area contributed by atoms with Gasteiger partial charge >= 0.3 is 0 Å². The maximum atomic E-state index is 10.8. The number of primary amides is 1. The van der Waals surface area contributed by atoms with E-state index in [-0.39, 0.29) is 11.8 Å². The molecule has 0 bridgehead atoms. The van der Waals surface area contributed by atoms with Crippen LogP contribution in [0.15, 0.2) is 24.3 Å². The van der Waals surface area contributed by atoms with E-state index in [0.717, 1.165) is 5.56 Å². The zero-order chi connectivity index (χ0) is 9.14. The third-order valence-electron chi connectivity index (χ3n) is 2.00. The fourth-order valence-electron chi connectivity index (χ4n) is 1.02. The highest BCUT2D eigenvalue weighted by Gasteiger charge is 2.09. The van der Waals surface area contributed by atoms with Crippen molar-refractivity contribution in [2.75, 3.05) is 0 Å². The van der Waals surface area contributed by atoms with Crippen molar-refractivity contribution in [3.63, 3.8) is 0 Å². The van der Waals surface area contributed by atoms with Gasteiger partial charge in [-0.05, 0) is 19.4 Å². The second-order valence-corrected chi connectivity index (χ2v) is 3.03. The van der Waals surface area contributed by atoms with Crippen molar-refractivity contribution in [2.24, 2.45) is 5.73 Å². The van der Waals surface area contributed by atoms with Crippen molar-refractivity contribution in [3.05, 3.63) is 35.4 Å². The number of aryl methyl sites for hydroxylation is 1. The van der Waals surface area contributed by atoms with E-state index >= 15 is 0 Å². The number of nitrogens with two attached hydrogens (primary N) is 1. The molecule has 2 N–H and O–H groups in total. The molecule has 1 rings (SSSR count). The van der Waals surface area contributed by atoms with Crippen molar-refractivity contribution < 1.29 is 4.79 Å². The van der Waals surface area contributed by atoms with Crippen LogP contribution in [0.3, 0.4) is 0 Å². The third kappa shape index (κ3) is 1.84. The summed E-state index contributed by atoms with van der Waals surface area (Å²) >= 11 is 0. The number of amides is 1. The first-order chi connectivity index (χ1) is 5.61. The van der Waals surface area contributed by atoms with Crippen LogP contribution in [0.1, 0.15) is 24.0 Å². The molecule has 1 amide bonds. The number of benzene rings is 1. The van der Waals surface area contributed by atoms with E-state index in [4.69, 9.17) is 5.73 Å². The molecule has 1 aromatic rings. The van der Waals surface area contributed by atoms with Gasteiger partial charge in [-0.15, -0.1) is 0 Å². The van der Waals surface area contributed by atoms with Gasteiger partial charge in [0.1, 0.15) is 0 Å². The average molecular weight is 163 g/mol. The molecule has 0 saturated carbocycles. The van der Waals surface area contributed by atoms with Crippen LogP contribution in [0, 0.1) is 6.92 Å². The molecule has 0 aliphatic rings. The van der Waals surface area contributed by atoms with Crippen LogP contribution in [0.25, 0.3) is 0 Å². The summed E-state index contributed by atoms with van der Waals surface area (Å²) in [5.41, 5.74) is 7.34. The van der Waals surface area contributed by atoms with Gasteiger partial charge in [-0.3, -0.25) is 4.79 Å². The fraction of sp³-hybridized carbons (Fsp3) is 0.300. The van der Waals surface area contributed by atoms with Gasteiger partial charge in [0.15, 0.2) is 0 Å². The van der Waals surface area contributed by atoms with Gasteiger partial charge in [-0.25, -0.2) is 0 Å². The predicted octanol–water partition coefficient (Wildman–Crippen LogP) is 1.58. The van der Waals surface area contributed by atoms with E-state index in [0.29, 0.717) is 0 Å². The maximum Gasteiger partial charge on any atom is 0.224 e. The lowest BCUT2D eigenvalue weighted by atomic mass is 10.00. The van der Waals surface area contributed by atoms with Crippen LogP contribution in [0.2, 0.25) is 0 Å². The minimum Gasteiger partial charge on any atom is -0.369 e. The van der Waals surface area contributed by atoms with Gasteiger partial charge in [0.25, 0.3) is 0 Å². The van der Waals surface area contributed by atoms with Gasteiger partial charge in [-0.2, -0.15) is 0 Å². The Bertz CT molecular complexity index is 276.